The molecule has 11 aromatic rings. The van der Waals surface area contributed by atoms with E-state index >= 15 is 0 Å². The predicted molar refractivity (Wildman–Crippen MR) is 235 cm³/mol. The Morgan fingerprint density at radius 1 is 0.364 bits per heavy atom. The van der Waals surface area contributed by atoms with E-state index in [4.69, 9.17) is 4.42 Å². The SMILES string of the molecule is c1ccc(-c2cccc3c2oc2cc(N(c4ccc(-c5ccc6ccccc6c5)cc4)c4ccc(-c5cccc6c5sc5ccccc56)cc4)ccc23)cc1. The molecule has 0 aliphatic heterocycles. The maximum atomic E-state index is 6.73. The van der Waals surface area contributed by atoms with Crippen LogP contribution in [-0.2, 0) is 0 Å². The van der Waals surface area contributed by atoms with Crippen LogP contribution in [0.1, 0.15) is 0 Å². The van der Waals surface area contributed by atoms with Gasteiger partial charge in [0.25, 0.3) is 0 Å². The summed E-state index contributed by atoms with van der Waals surface area (Å²) >= 11 is 1.87. The standard InChI is InChI=1S/C52H33NOS/c1-2-11-36(12-3-1)43-15-8-17-47-45-31-30-42(33-49(45)54-51(43)47)53(40-26-22-35(23-27-40)39-21-20-34-10-4-5-13-38(34)32-39)41-28-24-37(25-29-41)44-16-9-18-48-46-14-6-7-19-50(46)55-52(44)48/h1-33H. The zero-order valence-corrected chi connectivity index (χ0v) is 30.6. The van der Waals surface area contributed by atoms with E-state index in [9.17, 15) is 0 Å². The summed E-state index contributed by atoms with van der Waals surface area (Å²) in [7, 11) is 0. The molecular formula is C52H33NOS. The molecule has 0 saturated heterocycles. The molecule has 0 bridgehead atoms. The number of hydrogen-bond donors (Lipinski definition) is 0. The summed E-state index contributed by atoms with van der Waals surface area (Å²) in [4.78, 5) is 2.33. The first-order valence-electron chi connectivity index (χ1n) is 18.7. The summed E-state index contributed by atoms with van der Waals surface area (Å²) in [6, 6.07) is 72.0. The molecule has 0 spiro atoms. The average Bonchev–Trinajstić information content (AvgIpc) is 3.83. The first-order valence-corrected chi connectivity index (χ1v) is 19.5. The second-order valence-corrected chi connectivity index (χ2v) is 15.2. The van der Waals surface area contributed by atoms with Gasteiger partial charge >= 0.3 is 0 Å². The topological polar surface area (TPSA) is 16.4 Å². The third-order valence-electron chi connectivity index (χ3n) is 10.9. The van der Waals surface area contributed by atoms with E-state index in [1.807, 2.05) is 11.3 Å². The highest BCUT2D eigenvalue weighted by atomic mass is 32.1. The van der Waals surface area contributed by atoms with Gasteiger partial charge in [-0.2, -0.15) is 0 Å². The molecule has 2 nitrogen and oxygen atoms in total. The fourth-order valence-electron chi connectivity index (χ4n) is 8.15. The minimum Gasteiger partial charge on any atom is -0.455 e. The van der Waals surface area contributed by atoms with Gasteiger partial charge in [0.2, 0.25) is 0 Å². The zero-order valence-electron chi connectivity index (χ0n) is 29.8. The molecule has 0 aliphatic carbocycles. The Balaban J connectivity index is 1.03. The van der Waals surface area contributed by atoms with Crippen LogP contribution in [0.3, 0.4) is 0 Å². The van der Waals surface area contributed by atoms with E-state index in [-0.39, 0.29) is 0 Å². The van der Waals surface area contributed by atoms with E-state index in [0.29, 0.717) is 0 Å². The lowest BCUT2D eigenvalue weighted by Gasteiger charge is -2.26. The highest BCUT2D eigenvalue weighted by Gasteiger charge is 2.18. The van der Waals surface area contributed by atoms with Crippen LogP contribution in [-0.4, -0.2) is 0 Å². The number of rotatable bonds is 6. The van der Waals surface area contributed by atoms with Crippen LogP contribution in [0.4, 0.5) is 17.1 Å². The largest absolute Gasteiger partial charge is 0.455 e. The molecule has 2 aromatic heterocycles. The van der Waals surface area contributed by atoms with Crippen LogP contribution in [0.15, 0.2) is 205 Å². The number of furan rings is 1. The molecule has 0 saturated carbocycles. The van der Waals surface area contributed by atoms with Gasteiger partial charge in [0.1, 0.15) is 11.2 Å². The quantitative estimate of drug-likeness (QED) is 0.170. The van der Waals surface area contributed by atoms with Gasteiger partial charge in [-0.3, -0.25) is 0 Å². The van der Waals surface area contributed by atoms with E-state index in [2.05, 4.69) is 205 Å². The lowest BCUT2D eigenvalue weighted by atomic mass is 10.0. The van der Waals surface area contributed by atoms with Crippen molar-refractivity contribution in [3.63, 3.8) is 0 Å². The van der Waals surface area contributed by atoms with Gasteiger partial charge in [-0.05, 0) is 87.1 Å². The van der Waals surface area contributed by atoms with Crippen molar-refractivity contribution in [1.82, 2.24) is 0 Å². The van der Waals surface area contributed by atoms with Gasteiger partial charge in [-0.25, -0.2) is 0 Å². The van der Waals surface area contributed by atoms with Gasteiger partial charge in [0, 0.05) is 59.6 Å². The third-order valence-corrected chi connectivity index (χ3v) is 12.1. The Morgan fingerprint density at radius 3 is 1.80 bits per heavy atom. The maximum absolute atomic E-state index is 6.73. The van der Waals surface area contributed by atoms with E-state index in [1.54, 1.807) is 0 Å². The molecule has 9 aromatic carbocycles. The summed E-state index contributed by atoms with van der Waals surface area (Å²) in [6.07, 6.45) is 0. The Kier molecular flexibility index (Phi) is 7.39. The molecule has 258 valence electrons. The molecule has 0 unspecified atom stereocenters. The molecule has 11 rings (SSSR count). The number of nitrogens with zero attached hydrogens (tertiary/aromatic N) is 1. The van der Waals surface area contributed by atoms with Crippen molar-refractivity contribution < 1.29 is 4.42 Å². The Morgan fingerprint density at radius 2 is 0.982 bits per heavy atom. The molecule has 55 heavy (non-hydrogen) atoms. The summed E-state index contributed by atoms with van der Waals surface area (Å²) in [6.45, 7) is 0. The summed E-state index contributed by atoms with van der Waals surface area (Å²) < 4.78 is 9.37. The van der Waals surface area contributed by atoms with Crippen molar-refractivity contribution in [2.45, 2.75) is 0 Å². The van der Waals surface area contributed by atoms with Crippen molar-refractivity contribution >= 4 is 81.3 Å². The van der Waals surface area contributed by atoms with Crippen molar-refractivity contribution in [1.29, 1.82) is 0 Å². The average molecular weight is 720 g/mol. The molecule has 0 aliphatic rings. The smallest absolute Gasteiger partial charge is 0.143 e. The monoisotopic (exact) mass is 719 g/mol. The number of thiophene rings is 1. The lowest BCUT2D eigenvalue weighted by Crippen LogP contribution is -2.09. The number of hydrogen-bond acceptors (Lipinski definition) is 3. The summed E-state index contributed by atoms with van der Waals surface area (Å²) in [5, 5.41) is 7.34. The third kappa shape index (κ3) is 5.40. The zero-order chi connectivity index (χ0) is 36.3. The van der Waals surface area contributed by atoms with E-state index in [1.165, 1.54) is 53.2 Å². The van der Waals surface area contributed by atoms with Gasteiger partial charge < -0.3 is 9.32 Å². The summed E-state index contributed by atoms with van der Waals surface area (Å²) in [5.41, 5.74) is 12.0. The fraction of sp³-hybridized carbons (Fsp3) is 0. The van der Waals surface area contributed by atoms with Crippen LogP contribution in [0.5, 0.6) is 0 Å². The second kappa shape index (κ2) is 12.9. The molecule has 0 atom stereocenters. The molecule has 3 heteroatoms. The van der Waals surface area contributed by atoms with E-state index in [0.717, 1.165) is 50.1 Å². The minimum atomic E-state index is 0.863. The highest BCUT2D eigenvalue weighted by Crippen LogP contribution is 2.43. The summed E-state index contributed by atoms with van der Waals surface area (Å²) in [5.74, 6) is 0. The van der Waals surface area contributed by atoms with Crippen molar-refractivity contribution in [3.8, 4) is 33.4 Å². The van der Waals surface area contributed by atoms with Gasteiger partial charge in [0.05, 0.1) is 0 Å². The molecule has 0 fully saturated rings. The van der Waals surface area contributed by atoms with Crippen molar-refractivity contribution in [2.75, 3.05) is 4.90 Å². The molecular weight excluding hydrogens is 687 g/mol. The lowest BCUT2D eigenvalue weighted by molar-refractivity contribution is 0.670. The fourth-order valence-corrected chi connectivity index (χ4v) is 9.39. The maximum Gasteiger partial charge on any atom is 0.143 e. The van der Waals surface area contributed by atoms with Crippen LogP contribution in [0.2, 0.25) is 0 Å². The van der Waals surface area contributed by atoms with Crippen molar-refractivity contribution in [3.05, 3.63) is 200 Å². The first-order chi connectivity index (χ1) is 27.2. The number of anilines is 3. The molecule has 0 radical (unpaired) electrons. The molecule has 2 heterocycles. The first kappa shape index (κ1) is 31.6. The Hall–Kier alpha value is -6.94. The Labute approximate surface area is 322 Å². The van der Waals surface area contributed by atoms with Gasteiger partial charge in [-0.15, -0.1) is 11.3 Å². The minimum absolute atomic E-state index is 0.863. The highest BCUT2D eigenvalue weighted by molar-refractivity contribution is 7.26. The number of fused-ring (bicyclic) bond motifs is 7. The van der Waals surface area contributed by atoms with Crippen LogP contribution in [0, 0.1) is 0 Å². The van der Waals surface area contributed by atoms with E-state index < -0.39 is 0 Å². The van der Waals surface area contributed by atoms with Gasteiger partial charge in [-0.1, -0.05) is 146 Å². The van der Waals surface area contributed by atoms with Crippen LogP contribution in [0.25, 0.3) is 86.3 Å². The second-order valence-electron chi connectivity index (χ2n) is 14.1. The molecule has 0 amide bonds. The Bertz CT molecular complexity index is 3190. The van der Waals surface area contributed by atoms with Crippen molar-refractivity contribution in [2.24, 2.45) is 0 Å². The van der Waals surface area contributed by atoms with Crippen LogP contribution < -0.4 is 4.90 Å². The number of para-hydroxylation sites is 1. The molecule has 0 N–H and O–H groups in total. The predicted octanol–water partition coefficient (Wildman–Crippen LogP) is 15.6. The van der Waals surface area contributed by atoms with Gasteiger partial charge in [0.15, 0.2) is 0 Å². The van der Waals surface area contributed by atoms with Crippen LogP contribution >= 0.6 is 11.3 Å². The number of benzene rings is 9. The normalized spacial score (nSPS) is 11.6.